The number of nitrogens with zero attached hydrogens (tertiary/aromatic N) is 4. The number of anilines is 1. The van der Waals surface area contributed by atoms with E-state index in [0.29, 0.717) is 70.6 Å². The summed E-state index contributed by atoms with van der Waals surface area (Å²) in [6.45, 7) is 13.1. The second kappa shape index (κ2) is 13.1. The minimum absolute atomic E-state index is 0.194. The van der Waals surface area contributed by atoms with Crippen LogP contribution in [0.1, 0.15) is 84.1 Å². The smallest absolute Gasteiger partial charge is 0.337 e. The van der Waals surface area contributed by atoms with Crippen LogP contribution in [0.3, 0.4) is 0 Å². The summed E-state index contributed by atoms with van der Waals surface area (Å²) in [6.07, 6.45) is 2.38. The van der Waals surface area contributed by atoms with Gasteiger partial charge in [-0.3, -0.25) is 0 Å². The first-order valence-corrected chi connectivity index (χ1v) is 16.7. The second-order valence-corrected chi connectivity index (χ2v) is 14.3. The molecule has 256 valence electrons. The first-order chi connectivity index (χ1) is 22.7. The highest BCUT2D eigenvalue weighted by Gasteiger charge is 2.38. The maximum Gasteiger partial charge on any atom is 0.337 e. The third-order valence-electron chi connectivity index (χ3n) is 9.11. The Hall–Kier alpha value is -4.09. The van der Waals surface area contributed by atoms with Crippen molar-refractivity contribution in [2.75, 3.05) is 24.6 Å². The molecule has 1 fully saturated rings. The number of ether oxygens (including phenoxy) is 3. The molecule has 4 aromatic rings. The van der Waals surface area contributed by atoms with Crippen LogP contribution in [0.15, 0.2) is 42.5 Å². The predicted octanol–water partition coefficient (Wildman–Crippen LogP) is 7.92. The zero-order valence-electron chi connectivity index (χ0n) is 28.5. The van der Waals surface area contributed by atoms with Crippen molar-refractivity contribution < 1.29 is 32.9 Å². The molecule has 0 spiro atoms. The Morgan fingerprint density at radius 2 is 1.79 bits per heavy atom. The number of rotatable bonds is 3. The lowest BCUT2D eigenvalue weighted by atomic mass is 9.92. The Bertz CT molecular complexity index is 1830. The molecule has 3 aliphatic heterocycles. The number of carboxylic acids is 1. The van der Waals surface area contributed by atoms with Gasteiger partial charge in [0, 0.05) is 48.6 Å². The SMILES string of the molecule is Cc1nc2cc3nn2c(c1C(OC(C)(C)C)C(=O)O)N1CCC(C)(CC1)OCCCCC(C)Oc1cc(F)ccc1-c1cc(F)cc-3c1. The van der Waals surface area contributed by atoms with Gasteiger partial charge in [-0.2, -0.15) is 9.61 Å². The van der Waals surface area contributed by atoms with E-state index in [-0.39, 0.29) is 11.7 Å². The van der Waals surface area contributed by atoms with E-state index in [1.165, 1.54) is 24.3 Å². The topological polar surface area (TPSA) is 98.4 Å². The van der Waals surface area contributed by atoms with E-state index >= 15 is 4.39 Å². The number of aryl methyl sites for hydroxylation is 1. The first kappa shape index (κ1) is 33.8. The van der Waals surface area contributed by atoms with Gasteiger partial charge in [0.25, 0.3) is 0 Å². The highest BCUT2D eigenvalue weighted by molar-refractivity contribution is 5.80. The van der Waals surface area contributed by atoms with Gasteiger partial charge in [-0.25, -0.2) is 18.6 Å². The average molecular weight is 663 g/mol. The van der Waals surface area contributed by atoms with Gasteiger partial charge in [0.1, 0.15) is 23.2 Å². The first-order valence-electron chi connectivity index (χ1n) is 16.7. The van der Waals surface area contributed by atoms with Gasteiger partial charge in [-0.15, -0.1) is 0 Å². The summed E-state index contributed by atoms with van der Waals surface area (Å²) < 4.78 is 50.3. The van der Waals surface area contributed by atoms with Crippen LogP contribution in [0, 0.1) is 18.6 Å². The lowest BCUT2D eigenvalue weighted by Crippen LogP contribution is -2.46. The summed E-state index contributed by atoms with van der Waals surface area (Å²) in [5, 5.41) is 15.4. The summed E-state index contributed by atoms with van der Waals surface area (Å²) >= 11 is 0. The summed E-state index contributed by atoms with van der Waals surface area (Å²) in [5.74, 6) is -1.15. The van der Waals surface area contributed by atoms with E-state index in [4.69, 9.17) is 24.3 Å². The number of piperidine rings is 1. The Labute approximate surface area is 279 Å². The Morgan fingerprint density at radius 1 is 1.06 bits per heavy atom. The largest absolute Gasteiger partial charge is 0.490 e. The minimum Gasteiger partial charge on any atom is -0.490 e. The molecule has 0 saturated carbocycles. The van der Waals surface area contributed by atoms with Crippen molar-refractivity contribution in [3.05, 3.63) is 65.4 Å². The number of halogens is 2. The van der Waals surface area contributed by atoms with Gasteiger partial charge >= 0.3 is 5.97 Å². The van der Waals surface area contributed by atoms with Crippen LogP contribution in [0.25, 0.3) is 28.0 Å². The third-order valence-corrected chi connectivity index (χ3v) is 9.11. The summed E-state index contributed by atoms with van der Waals surface area (Å²) in [7, 11) is 0. The summed E-state index contributed by atoms with van der Waals surface area (Å²) in [4.78, 5) is 19.7. The number of hydrogen-bond acceptors (Lipinski definition) is 7. The highest BCUT2D eigenvalue weighted by Crippen LogP contribution is 2.40. The Morgan fingerprint density at radius 3 is 2.50 bits per heavy atom. The van der Waals surface area contributed by atoms with Gasteiger partial charge in [0.05, 0.1) is 28.6 Å². The molecule has 2 unspecified atom stereocenters. The zero-order valence-corrected chi connectivity index (χ0v) is 28.5. The number of hydrogen-bond donors (Lipinski definition) is 1. The molecule has 5 heterocycles. The van der Waals surface area contributed by atoms with Crippen molar-refractivity contribution in [3.8, 4) is 28.1 Å². The van der Waals surface area contributed by atoms with Gasteiger partial charge in [0.15, 0.2) is 11.8 Å². The predicted molar refractivity (Wildman–Crippen MR) is 179 cm³/mol. The highest BCUT2D eigenvalue weighted by atomic mass is 19.1. The van der Waals surface area contributed by atoms with Crippen LogP contribution in [0.2, 0.25) is 0 Å². The minimum atomic E-state index is -1.31. The molecule has 1 saturated heterocycles. The summed E-state index contributed by atoms with van der Waals surface area (Å²) in [5.41, 5.74) is 2.31. The fraction of sp³-hybridized carbons (Fsp3) is 0.486. The van der Waals surface area contributed by atoms with Crippen molar-refractivity contribution in [1.82, 2.24) is 14.6 Å². The van der Waals surface area contributed by atoms with Crippen LogP contribution in [-0.2, 0) is 14.3 Å². The molecule has 0 amide bonds. The number of fused-ring (bicyclic) bond motifs is 8. The third kappa shape index (κ3) is 7.17. The van der Waals surface area contributed by atoms with Crippen LogP contribution >= 0.6 is 0 Å². The van der Waals surface area contributed by atoms with E-state index in [9.17, 15) is 14.3 Å². The monoisotopic (exact) mass is 662 g/mol. The molecule has 2 aromatic carbocycles. The van der Waals surface area contributed by atoms with Crippen molar-refractivity contribution >= 4 is 17.4 Å². The maximum atomic E-state index is 15.4. The number of aliphatic carboxylic acids is 1. The molecule has 11 heteroatoms. The molecule has 0 aliphatic carbocycles. The van der Waals surface area contributed by atoms with Gasteiger partial charge in [0.2, 0.25) is 0 Å². The Kier molecular flexibility index (Phi) is 9.21. The fourth-order valence-corrected chi connectivity index (χ4v) is 6.64. The molecule has 48 heavy (non-hydrogen) atoms. The van der Waals surface area contributed by atoms with Crippen molar-refractivity contribution in [2.24, 2.45) is 0 Å². The molecule has 7 rings (SSSR count). The zero-order chi connectivity index (χ0) is 34.4. The standard InChI is InChI=1S/C37H44F2N4O5/c1-22-9-7-8-16-46-37(6)12-14-42(15-13-37)34-32(33(35(44)45)48-36(3,4)5)23(2)40-31-21-29(41-43(31)34)25-17-24(18-27(39)19-25)28-11-10-26(38)20-30(28)47-22/h10-11,17-22,33H,7-9,12-16H2,1-6H3,(H,44,45). The van der Waals surface area contributed by atoms with E-state index in [2.05, 4.69) is 11.8 Å². The molecule has 2 aromatic heterocycles. The van der Waals surface area contributed by atoms with E-state index in [1.807, 2.05) is 27.7 Å². The quantitative estimate of drug-likeness (QED) is 0.236. The van der Waals surface area contributed by atoms with Gasteiger partial charge < -0.3 is 24.2 Å². The molecule has 6 bridgehead atoms. The van der Waals surface area contributed by atoms with Crippen LogP contribution < -0.4 is 9.64 Å². The summed E-state index contributed by atoms with van der Waals surface area (Å²) in [6, 6.07) is 10.6. The van der Waals surface area contributed by atoms with E-state index < -0.39 is 29.3 Å². The fourth-order valence-electron chi connectivity index (χ4n) is 6.64. The molecular weight excluding hydrogens is 618 g/mol. The van der Waals surface area contributed by atoms with E-state index in [0.717, 1.165) is 32.1 Å². The molecular formula is C37H44F2N4O5. The van der Waals surface area contributed by atoms with E-state index in [1.54, 1.807) is 29.6 Å². The van der Waals surface area contributed by atoms with Crippen molar-refractivity contribution in [2.45, 2.75) is 97.1 Å². The normalized spacial score (nSPS) is 21.2. The van der Waals surface area contributed by atoms with Crippen LogP contribution in [0.5, 0.6) is 5.75 Å². The average Bonchev–Trinajstić information content (AvgIpc) is 3.42. The van der Waals surface area contributed by atoms with Gasteiger partial charge in [-0.1, -0.05) is 0 Å². The van der Waals surface area contributed by atoms with Gasteiger partial charge in [-0.05, 0) is 110 Å². The molecule has 3 aliphatic rings. The Balaban J connectivity index is 1.55. The lowest BCUT2D eigenvalue weighted by Gasteiger charge is -2.41. The van der Waals surface area contributed by atoms with Crippen LogP contribution in [-0.4, -0.2) is 62.7 Å². The number of aromatic nitrogens is 3. The number of carbonyl (C=O) groups is 1. The number of benzene rings is 2. The second-order valence-electron chi connectivity index (χ2n) is 14.3. The molecule has 0 radical (unpaired) electrons. The molecule has 9 nitrogen and oxygen atoms in total. The number of carboxylic acid groups (broad SMARTS) is 1. The maximum absolute atomic E-state index is 15.4. The lowest BCUT2D eigenvalue weighted by molar-refractivity contribution is -0.160. The van der Waals surface area contributed by atoms with Crippen molar-refractivity contribution in [3.63, 3.8) is 0 Å². The molecule has 2 atom stereocenters. The van der Waals surface area contributed by atoms with Crippen LogP contribution in [0.4, 0.5) is 14.6 Å². The molecule has 1 N–H and O–H groups in total. The van der Waals surface area contributed by atoms with Crippen molar-refractivity contribution in [1.29, 1.82) is 0 Å².